The Bertz CT molecular complexity index is 1770. The molecule has 1 aromatic heterocycles. The Morgan fingerprint density at radius 1 is 0.881 bits per heavy atom. The molecule has 1 aliphatic rings. The maximum Gasteiger partial charge on any atom is 0.310 e. The normalized spacial score (nSPS) is 14.2. The first kappa shape index (κ1) is 27.3. The number of rotatable bonds is 8. The van der Waals surface area contributed by atoms with Crippen LogP contribution in [0.5, 0.6) is 5.75 Å². The Hall–Kier alpha value is -4.84. The zero-order valence-corrected chi connectivity index (χ0v) is 24.2. The lowest BCUT2D eigenvalue weighted by Gasteiger charge is -2.23. The summed E-state index contributed by atoms with van der Waals surface area (Å²) in [5, 5.41) is 0.874. The van der Waals surface area contributed by atoms with Crippen molar-refractivity contribution in [2.75, 3.05) is 18.6 Å². The number of hydrogen-bond acceptors (Lipinski definition) is 5. The lowest BCUT2D eigenvalue weighted by molar-refractivity contribution is -0.144. The molecule has 212 valence electrons. The zero-order valence-electron chi connectivity index (χ0n) is 24.2. The van der Waals surface area contributed by atoms with Crippen molar-refractivity contribution in [3.63, 3.8) is 0 Å². The fraction of sp³-hybridized carbons (Fsp3) is 0.222. The van der Waals surface area contributed by atoms with Gasteiger partial charge >= 0.3 is 5.97 Å². The Morgan fingerprint density at radius 3 is 2.40 bits per heavy atom. The molecule has 6 nitrogen and oxygen atoms in total. The van der Waals surface area contributed by atoms with E-state index in [4.69, 9.17) is 9.47 Å². The summed E-state index contributed by atoms with van der Waals surface area (Å²) in [5.74, 6) is 0.276. The Morgan fingerprint density at radius 2 is 1.62 bits per heavy atom. The van der Waals surface area contributed by atoms with Crippen molar-refractivity contribution in [2.45, 2.75) is 39.3 Å². The highest BCUT2D eigenvalue weighted by atomic mass is 16.5. The van der Waals surface area contributed by atoms with Crippen molar-refractivity contribution in [2.24, 2.45) is 0 Å². The third kappa shape index (κ3) is 5.28. The van der Waals surface area contributed by atoms with Gasteiger partial charge in [0.25, 0.3) is 5.91 Å². The third-order valence-corrected chi connectivity index (χ3v) is 8.25. The summed E-state index contributed by atoms with van der Waals surface area (Å²) in [4.78, 5) is 29.1. The molecule has 4 aromatic carbocycles. The van der Waals surface area contributed by atoms with E-state index in [9.17, 15) is 9.59 Å². The van der Waals surface area contributed by atoms with Gasteiger partial charge < -0.3 is 14.4 Å². The van der Waals surface area contributed by atoms with E-state index < -0.39 is 0 Å². The third-order valence-electron chi connectivity index (χ3n) is 8.25. The molecular formula is C36H34N2O4. The molecule has 1 aliphatic heterocycles. The highest BCUT2D eigenvalue weighted by Crippen LogP contribution is 2.32. The maximum absolute atomic E-state index is 14.0. The molecule has 5 aromatic rings. The number of carbonyl (C=O) groups excluding carboxylic acids is 2. The van der Waals surface area contributed by atoms with Crippen LogP contribution in [0.15, 0.2) is 97.1 Å². The number of hydrogen-bond donors (Lipinski definition) is 0. The fourth-order valence-corrected chi connectivity index (χ4v) is 5.92. The summed E-state index contributed by atoms with van der Waals surface area (Å²) in [6, 6.07) is 31.7. The van der Waals surface area contributed by atoms with Gasteiger partial charge in [-0.05, 0) is 72.9 Å². The lowest BCUT2D eigenvalue weighted by atomic mass is 10.1. The number of benzene rings is 4. The van der Waals surface area contributed by atoms with Crippen LogP contribution in [-0.4, -0.2) is 36.1 Å². The molecule has 0 aliphatic carbocycles. The van der Waals surface area contributed by atoms with Crippen LogP contribution in [0.3, 0.4) is 0 Å². The van der Waals surface area contributed by atoms with Crippen molar-refractivity contribution < 1.29 is 19.1 Å². The van der Waals surface area contributed by atoms with E-state index >= 15 is 0 Å². The predicted molar refractivity (Wildman–Crippen MR) is 165 cm³/mol. The molecule has 0 saturated carbocycles. The molecule has 0 amide bonds. The summed E-state index contributed by atoms with van der Waals surface area (Å²) >= 11 is 0. The molecule has 0 fully saturated rings. The molecule has 0 radical (unpaired) electrons. The molecule has 2 heterocycles. The minimum Gasteiger partial charge on any atom is -0.491 e. The highest BCUT2D eigenvalue weighted by Gasteiger charge is 2.27. The zero-order chi connectivity index (χ0) is 29.2. The second kappa shape index (κ2) is 11.6. The van der Waals surface area contributed by atoms with Crippen molar-refractivity contribution in [1.29, 1.82) is 0 Å². The molecule has 6 heteroatoms. The van der Waals surface area contributed by atoms with Gasteiger partial charge in [0.05, 0.1) is 18.0 Å². The van der Waals surface area contributed by atoms with Crippen LogP contribution in [0.1, 0.15) is 38.3 Å². The highest BCUT2D eigenvalue weighted by molar-refractivity contribution is 6.05. The van der Waals surface area contributed by atoms with Crippen LogP contribution in [0.4, 0.5) is 5.69 Å². The van der Waals surface area contributed by atoms with Gasteiger partial charge in [-0.25, -0.2) is 0 Å². The molecule has 1 atom stereocenters. The van der Waals surface area contributed by atoms with E-state index in [1.807, 2.05) is 86.6 Å². The van der Waals surface area contributed by atoms with Gasteiger partial charge in [0.15, 0.2) is 0 Å². The van der Waals surface area contributed by atoms with Crippen LogP contribution in [0.2, 0.25) is 0 Å². The molecule has 0 N–H and O–H groups in total. The van der Waals surface area contributed by atoms with Gasteiger partial charge in [-0.1, -0.05) is 66.7 Å². The number of ether oxygens (including phenoxy) is 2. The van der Waals surface area contributed by atoms with Crippen molar-refractivity contribution in [1.82, 2.24) is 4.57 Å². The van der Waals surface area contributed by atoms with Gasteiger partial charge in [0, 0.05) is 29.4 Å². The van der Waals surface area contributed by atoms with E-state index in [0.29, 0.717) is 12.2 Å². The number of fused-ring (bicyclic) bond motifs is 2. The lowest BCUT2D eigenvalue weighted by Crippen LogP contribution is -2.33. The quantitative estimate of drug-likeness (QED) is 0.199. The van der Waals surface area contributed by atoms with E-state index in [0.717, 1.165) is 45.5 Å². The number of aryl methyl sites for hydroxylation is 1. The number of likely N-dealkylation sites (N-methyl/N-ethyl adjacent to an activating group) is 1. The molecule has 0 saturated heterocycles. The predicted octanol–water partition coefficient (Wildman–Crippen LogP) is 6.67. The monoisotopic (exact) mass is 558 g/mol. The van der Waals surface area contributed by atoms with E-state index in [-0.39, 0.29) is 30.9 Å². The molecule has 0 spiro atoms. The number of carbonyl (C=O) groups is 2. The minimum absolute atomic E-state index is 0.0880. The van der Waals surface area contributed by atoms with Crippen LogP contribution in [0, 0.1) is 13.8 Å². The van der Waals surface area contributed by atoms with Crippen LogP contribution in [0.25, 0.3) is 10.9 Å². The number of anilines is 1. The van der Waals surface area contributed by atoms with Gasteiger partial charge in [0.2, 0.25) is 0 Å². The molecular weight excluding hydrogens is 524 g/mol. The first-order valence-corrected chi connectivity index (χ1v) is 14.3. The smallest absolute Gasteiger partial charge is 0.310 e. The minimum atomic E-state index is -0.328. The van der Waals surface area contributed by atoms with E-state index in [2.05, 4.69) is 36.2 Å². The average molecular weight is 559 g/mol. The van der Waals surface area contributed by atoms with Gasteiger partial charge in [-0.15, -0.1) is 0 Å². The van der Waals surface area contributed by atoms with E-state index in [1.165, 1.54) is 11.3 Å². The number of nitrogens with zero attached hydrogens (tertiary/aromatic N) is 2. The maximum atomic E-state index is 14.0. The summed E-state index contributed by atoms with van der Waals surface area (Å²) < 4.78 is 13.5. The Kier molecular flexibility index (Phi) is 7.53. The van der Waals surface area contributed by atoms with E-state index in [1.54, 1.807) is 4.57 Å². The first-order valence-electron chi connectivity index (χ1n) is 14.3. The first-order chi connectivity index (χ1) is 20.4. The summed E-state index contributed by atoms with van der Waals surface area (Å²) in [7, 11) is 2.11. The van der Waals surface area contributed by atoms with Gasteiger partial charge in [-0.2, -0.15) is 0 Å². The van der Waals surface area contributed by atoms with Crippen molar-refractivity contribution in [3.8, 4) is 5.75 Å². The molecule has 1 unspecified atom stereocenters. The summed E-state index contributed by atoms with van der Waals surface area (Å²) in [6.45, 7) is 4.60. The number of esters is 1. The topological polar surface area (TPSA) is 60.8 Å². The molecule has 42 heavy (non-hydrogen) atoms. The number of aromatic nitrogens is 1. The van der Waals surface area contributed by atoms with Crippen molar-refractivity contribution in [3.05, 3.63) is 131 Å². The Labute approximate surface area is 246 Å². The standard InChI is InChI=1S/C36H34N2O4/c1-24-19-29(41-23-28-20-27-13-7-9-15-33(27)37(28)3)17-18-30(24)36(40)38-25(2)32(31-14-8-10-16-34(31)38)21-35(39)42-22-26-11-5-4-6-12-26/h4-19,28H,20-23H2,1-3H3. The van der Waals surface area contributed by atoms with Crippen molar-refractivity contribution >= 4 is 28.5 Å². The van der Waals surface area contributed by atoms with Gasteiger partial charge in [0.1, 0.15) is 19.0 Å². The SMILES string of the molecule is Cc1cc(OCC2Cc3ccccc3N2C)ccc1C(=O)n1c(C)c(CC(=O)OCc2ccccc2)c2ccccc21. The fourth-order valence-electron chi connectivity index (χ4n) is 5.92. The Balaban J connectivity index is 1.19. The van der Waals surface area contributed by atoms with Crippen LogP contribution >= 0.6 is 0 Å². The summed E-state index contributed by atoms with van der Waals surface area (Å²) in [6.07, 6.45) is 1.04. The number of para-hydroxylation sites is 2. The molecule has 6 rings (SSSR count). The molecule has 0 bridgehead atoms. The van der Waals surface area contributed by atoms with Gasteiger partial charge in [-0.3, -0.25) is 14.2 Å². The second-order valence-corrected chi connectivity index (χ2v) is 10.9. The largest absolute Gasteiger partial charge is 0.491 e. The van der Waals surface area contributed by atoms with Crippen LogP contribution < -0.4 is 9.64 Å². The summed E-state index contributed by atoms with van der Waals surface area (Å²) in [5.41, 5.74) is 7.26. The van der Waals surface area contributed by atoms with Crippen LogP contribution in [-0.2, 0) is 29.0 Å². The second-order valence-electron chi connectivity index (χ2n) is 10.9. The average Bonchev–Trinajstić information content (AvgIpc) is 3.48.